The third-order valence-corrected chi connectivity index (χ3v) is 6.32. The molecule has 32 heavy (non-hydrogen) atoms. The molecule has 1 unspecified atom stereocenters. The van der Waals surface area contributed by atoms with Gasteiger partial charge in [-0.2, -0.15) is 0 Å². The molecule has 1 saturated heterocycles. The van der Waals surface area contributed by atoms with E-state index in [4.69, 9.17) is 0 Å². The van der Waals surface area contributed by atoms with Gasteiger partial charge < -0.3 is 15.2 Å². The molecule has 1 fully saturated rings. The van der Waals surface area contributed by atoms with E-state index >= 15 is 0 Å². The Balaban J connectivity index is 1.22. The number of amides is 2. The Hall–Kier alpha value is -3.17. The first-order valence-corrected chi connectivity index (χ1v) is 11.5. The maximum absolute atomic E-state index is 12.6. The molecule has 8 nitrogen and oxygen atoms in total. The van der Waals surface area contributed by atoms with Gasteiger partial charge in [0.1, 0.15) is 6.33 Å². The first kappa shape index (κ1) is 22.0. The van der Waals surface area contributed by atoms with Crippen LogP contribution in [0.4, 0.5) is 5.69 Å². The van der Waals surface area contributed by atoms with Gasteiger partial charge in [0.2, 0.25) is 5.91 Å². The van der Waals surface area contributed by atoms with Crippen molar-refractivity contribution in [2.45, 2.75) is 24.2 Å². The number of hydrogen-bond acceptors (Lipinski definition) is 6. The van der Waals surface area contributed by atoms with Crippen molar-refractivity contribution in [3.05, 3.63) is 72.1 Å². The Bertz CT molecular complexity index is 1050. The van der Waals surface area contributed by atoms with Crippen LogP contribution in [0.1, 0.15) is 22.3 Å². The van der Waals surface area contributed by atoms with Crippen molar-refractivity contribution < 1.29 is 9.59 Å². The van der Waals surface area contributed by atoms with Crippen LogP contribution in [0.3, 0.4) is 0 Å². The van der Waals surface area contributed by atoms with Crippen LogP contribution in [0.5, 0.6) is 0 Å². The standard InChI is InChI=1S/C23H26N6O2S/c1-28-16-24-27-23(28)32-15-21(30)25-19-9-7-18(8-10-19)22(31)26-20-11-12-29(14-20)13-17-5-3-2-4-6-17/h2-10,16,20H,11-15H2,1H3,(H,25,30)(H,26,31). The van der Waals surface area contributed by atoms with Crippen molar-refractivity contribution in [3.63, 3.8) is 0 Å². The number of likely N-dealkylation sites (tertiary alicyclic amines) is 1. The number of aromatic nitrogens is 3. The van der Waals surface area contributed by atoms with Gasteiger partial charge >= 0.3 is 0 Å². The zero-order chi connectivity index (χ0) is 22.3. The number of nitrogens with zero attached hydrogens (tertiary/aromatic N) is 4. The fraction of sp³-hybridized carbons (Fsp3) is 0.304. The van der Waals surface area contributed by atoms with Crippen molar-refractivity contribution >= 4 is 29.3 Å². The van der Waals surface area contributed by atoms with Gasteiger partial charge in [0.25, 0.3) is 5.91 Å². The SMILES string of the molecule is Cn1cnnc1SCC(=O)Nc1ccc(C(=O)NC2CCN(Cc3ccccc3)C2)cc1. The van der Waals surface area contributed by atoms with Crippen LogP contribution in [0.25, 0.3) is 0 Å². The minimum absolute atomic E-state index is 0.0905. The summed E-state index contributed by atoms with van der Waals surface area (Å²) in [6.07, 6.45) is 2.53. The molecular weight excluding hydrogens is 424 g/mol. The van der Waals surface area contributed by atoms with Gasteiger partial charge in [0.05, 0.1) is 5.75 Å². The molecule has 3 aromatic rings. The largest absolute Gasteiger partial charge is 0.348 e. The highest BCUT2D eigenvalue weighted by Gasteiger charge is 2.24. The van der Waals surface area contributed by atoms with Crippen LogP contribution in [-0.2, 0) is 18.4 Å². The van der Waals surface area contributed by atoms with E-state index in [9.17, 15) is 9.59 Å². The summed E-state index contributed by atoms with van der Waals surface area (Å²) in [7, 11) is 1.83. The average molecular weight is 451 g/mol. The molecule has 1 atom stereocenters. The van der Waals surface area contributed by atoms with Gasteiger partial charge in [0.15, 0.2) is 5.16 Å². The average Bonchev–Trinajstić information content (AvgIpc) is 3.41. The van der Waals surface area contributed by atoms with Crippen LogP contribution < -0.4 is 10.6 Å². The second-order valence-corrected chi connectivity index (χ2v) is 8.76. The van der Waals surface area contributed by atoms with E-state index in [0.717, 1.165) is 26.1 Å². The molecule has 0 radical (unpaired) electrons. The van der Waals surface area contributed by atoms with Crippen molar-refractivity contribution in [1.82, 2.24) is 25.0 Å². The van der Waals surface area contributed by atoms with Crippen LogP contribution in [0.15, 0.2) is 66.1 Å². The highest BCUT2D eigenvalue weighted by Crippen LogP contribution is 2.16. The molecule has 2 aromatic carbocycles. The first-order valence-electron chi connectivity index (χ1n) is 10.5. The predicted octanol–water partition coefficient (Wildman–Crippen LogP) is 2.55. The number of benzene rings is 2. The minimum Gasteiger partial charge on any atom is -0.348 e. The Kier molecular flexibility index (Phi) is 7.18. The van der Waals surface area contributed by atoms with Gasteiger partial charge in [-0.25, -0.2) is 0 Å². The smallest absolute Gasteiger partial charge is 0.251 e. The van der Waals surface area contributed by atoms with Crippen LogP contribution >= 0.6 is 11.8 Å². The maximum atomic E-state index is 12.6. The van der Waals surface area contributed by atoms with E-state index in [2.05, 4.69) is 37.9 Å². The summed E-state index contributed by atoms with van der Waals surface area (Å²) in [5.74, 6) is 0.00239. The summed E-state index contributed by atoms with van der Waals surface area (Å²) in [6.45, 7) is 2.71. The molecule has 1 aliphatic heterocycles. The summed E-state index contributed by atoms with van der Waals surface area (Å²) in [5, 5.41) is 14.4. The van der Waals surface area contributed by atoms with Crippen LogP contribution in [-0.4, -0.2) is 56.4 Å². The lowest BCUT2D eigenvalue weighted by atomic mass is 10.1. The topological polar surface area (TPSA) is 92.1 Å². The number of thioether (sulfide) groups is 1. The second-order valence-electron chi connectivity index (χ2n) is 7.82. The molecule has 2 amide bonds. The Morgan fingerprint density at radius 1 is 1.12 bits per heavy atom. The summed E-state index contributed by atoms with van der Waals surface area (Å²) < 4.78 is 1.76. The van der Waals surface area contributed by atoms with Gasteiger partial charge in [-0.3, -0.25) is 14.5 Å². The molecule has 0 bridgehead atoms. The van der Waals surface area contributed by atoms with Gasteiger partial charge in [-0.05, 0) is 36.2 Å². The van der Waals surface area contributed by atoms with E-state index in [0.29, 0.717) is 16.4 Å². The maximum Gasteiger partial charge on any atom is 0.251 e. The summed E-state index contributed by atoms with van der Waals surface area (Å²) >= 11 is 1.32. The van der Waals surface area contributed by atoms with Crippen molar-refractivity contribution in [3.8, 4) is 0 Å². The molecule has 166 valence electrons. The third-order valence-electron chi connectivity index (χ3n) is 5.29. The molecule has 0 saturated carbocycles. The number of nitrogens with one attached hydrogen (secondary N) is 2. The number of carbonyl (C=O) groups is 2. The zero-order valence-electron chi connectivity index (χ0n) is 17.9. The Labute approximate surface area is 191 Å². The molecule has 1 aromatic heterocycles. The van der Waals surface area contributed by atoms with Crippen LogP contribution in [0.2, 0.25) is 0 Å². The van der Waals surface area contributed by atoms with Gasteiger partial charge in [-0.15, -0.1) is 10.2 Å². The molecule has 2 N–H and O–H groups in total. The monoisotopic (exact) mass is 450 g/mol. The molecular formula is C23H26N6O2S. The van der Waals surface area contributed by atoms with Crippen LogP contribution in [0, 0.1) is 0 Å². The van der Waals surface area contributed by atoms with E-state index in [1.165, 1.54) is 17.3 Å². The number of hydrogen-bond donors (Lipinski definition) is 2. The Morgan fingerprint density at radius 3 is 2.62 bits per heavy atom. The second kappa shape index (κ2) is 10.4. The normalized spacial score (nSPS) is 16.1. The molecule has 0 aliphatic carbocycles. The van der Waals surface area contributed by atoms with Crippen molar-refractivity contribution in [2.75, 3.05) is 24.2 Å². The van der Waals surface area contributed by atoms with Crippen molar-refractivity contribution in [2.24, 2.45) is 7.05 Å². The van der Waals surface area contributed by atoms with Gasteiger partial charge in [0, 0.05) is 44.0 Å². The molecule has 0 spiro atoms. The summed E-state index contributed by atoms with van der Waals surface area (Å²) in [4.78, 5) is 27.1. The molecule has 4 rings (SSSR count). The Morgan fingerprint density at radius 2 is 1.91 bits per heavy atom. The fourth-order valence-corrected chi connectivity index (χ4v) is 4.33. The van der Waals surface area contributed by atoms with E-state index in [1.807, 2.05) is 25.2 Å². The minimum atomic E-state index is -0.139. The van der Waals surface area contributed by atoms with Crippen molar-refractivity contribution in [1.29, 1.82) is 0 Å². The molecule has 2 heterocycles. The lowest BCUT2D eigenvalue weighted by Gasteiger charge is -2.17. The number of carbonyl (C=O) groups excluding carboxylic acids is 2. The highest BCUT2D eigenvalue weighted by atomic mass is 32.2. The number of aryl methyl sites for hydroxylation is 1. The lowest BCUT2D eigenvalue weighted by molar-refractivity contribution is -0.113. The summed E-state index contributed by atoms with van der Waals surface area (Å²) in [5.41, 5.74) is 2.52. The lowest BCUT2D eigenvalue weighted by Crippen LogP contribution is -2.37. The van der Waals surface area contributed by atoms with E-state index in [1.54, 1.807) is 35.2 Å². The molecule has 9 heteroatoms. The zero-order valence-corrected chi connectivity index (χ0v) is 18.7. The van der Waals surface area contributed by atoms with E-state index < -0.39 is 0 Å². The highest BCUT2D eigenvalue weighted by molar-refractivity contribution is 7.99. The fourth-order valence-electron chi connectivity index (χ4n) is 3.64. The number of rotatable bonds is 8. The quantitative estimate of drug-likeness (QED) is 0.513. The molecule has 1 aliphatic rings. The van der Waals surface area contributed by atoms with E-state index in [-0.39, 0.29) is 23.6 Å². The summed E-state index contributed by atoms with van der Waals surface area (Å²) in [6, 6.07) is 17.5. The predicted molar refractivity (Wildman–Crippen MR) is 124 cm³/mol. The first-order chi connectivity index (χ1) is 15.6. The number of anilines is 1. The van der Waals surface area contributed by atoms with Gasteiger partial charge in [-0.1, -0.05) is 42.1 Å². The third kappa shape index (κ3) is 5.95.